The van der Waals surface area contributed by atoms with Gasteiger partial charge in [0, 0.05) is 42.4 Å². The number of fused-ring (bicyclic) bond motifs is 1. The van der Waals surface area contributed by atoms with Crippen LogP contribution in [0.15, 0.2) is 42.5 Å². The van der Waals surface area contributed by atoms with E-state index in [0.29, 0.717) is 18.7 Å². The van der Waals surface area contributed by atoms with Crippen LogP contribution in [0.25, 0.3) is 10.9 Å². The molecule has 1 aromatic heterocycles. The number of carbonyl (C=O) groups is 2. The molecule has 10 nitrogen and oxygen atoms in total. The van der Waals surface area contributed by atoms with Gasteiger partial charge < -0.3 is 25.4 Å². The van der Waals surface area contributed by atoms with E-state index >= 15 is 0 Å². The third-order valence-corrected chi connectivity index (χ3v) is 5.96. The summed E-state index contributed by atoms with van der Waals surface area (Å²) in [6, 6.07) is 6.83. The molecule has 0 radical (unpaired) electrons. The Morgan fingerprint density at radius 2 is 1.97 bits per heavy atom. The third kappa shape index (κ3) is 5.19. The van der Waals surface area contributed by atoms with Crippen LogP contribution in [0.5, 0.6) is 0 Å². The Hall–Kier alpha value is -3.56. The molecule has 4 rings (SSSR count). The summed E-state index contributed by atoms with van der Waals surface area (Å²) in [5.74, 6) is -0.0985. The van der Waals surface area contributed by atoms with Crippen molar-refractivity contribution >= 4 is 28.4 Å². The van der Waals surface area contributed by atoms with Gasteiger partial charge in [0.25, 0.3) is 6.20 Å². The maximum atomic E-state index is 13.2. The summed E-state index contributed by atoms with van der Waals surface area (Å²) in [7, 11) is 0. The predicted octanol–water partition coefficient (Wildman–Crippen LogP) is 2.25. The first-order chi connectivity index (χ1) is 15.5. The number of anilines is 1. The Kier molecular flexibility index (Phi) is 6.58. The fourth-order valence-corrected chi connectivity index (χ4v) is 4.31. The van der Waals surface area contributed by atoms with E-state index in [1.807, 2.05) is 30.5 Å². The molecule has 1 aromatic carbocycles. The normalized spacial score (nSPS) is 19.8. The van der Waals surface area contributed by atoms with Crippen molar-refractivity contribution in [1.29, 1.82) is 0 Å². The number of hydrogen-bond donors (Lipinski definition) is 3. The Morgan fingerprint density at radius 1 is 1.19 bits per heavy atom. The van der Waals surface area contributed by atoms with Crippen LogP contribution in [0, 0.1) is 10.1 Å². The van der Waals surface area contributed by atoms with Gasteiger partial charge in [-0.25, -0.2) is 0 Å². The van der Waals surface area contributed by atoms with Crippen molar-refractivity contribution in [3.63, 3.8) is 0 Å². The monoisotopic (exact) mass is 440 g/mol. The number of benzene rings is 1. The van der Waals surface area contributed by atoms with Crippen LogP contribution in [0.1, 0.15) is 32.1 Å². The topological polar surface area (TPSA) is 124 Å². The van der Waals surface area contributed by atoms with Crippen LogP contribution in [-0.4, -0.2) is 63.7 Å². The zero-order valence-corrected chi connectivity index (χ0v) is 17.9. The highest BCUT2D eigenvalue weighted by Crippen LogP contribution is 2.20. The second-order valence-corrected chi connectivity index (χ2v) is 8.27. The predicted molar refractivity (Wildman–Crippen MR) is 120 cm³/mol. The van der Waals surface area contributed by atoms with Crippen LogP contribution in [0.4, 0.5) is 5.69 Å². The molecule has 2 aliphatic rings. The zero-order chi connectivity index (χ0) is 22.5. The lowest BCUT2D eigenvalue weighted by atomic mass is 10.1. The maximum Gasteiger partial charge on any atom is 0.274 e. The first kappa shape index (κ1) is 21.7. The molecule has 1 atom stereocenters. The van der Waals surface area contributed by atoms with Gasteiger partial charge >= 0.3 is 0 Å². The van der Waals surface area contributed by atoms with E-state index in [4.69, 9.17) is 0 Å². The molecular formula is C22H28N6O4. The average molecular weight is 441 g/mol. The number of likely N-dealkylation sites (tertiary alicyclic amines) is 2. The quantitative estimate of drug-likeness (QED) is 0.448. The number of hydrogen-bond acceptors (Lipinski definition) is 6. The summed E-state index contributed by atoms with van der Waals surface area (Å²) in [6.07, 6.45) is 6.78. The van der Waals surface area contributed by atoms with Crippen LogP contribution in [0.3, 0.4) is 0 Å². The van der Waals surface area contributed by atoms with Crippen molar-refractivity contribution < 1.29 is 14.5 Å². The minimum Gasteiger partial charge on any atom is -0.361 e. The molecule has 3 heterocycles. The zero-order valence-electron chi connectivity index (χ0n) is 17.9. The Balaban J connectivity index is 1.46. The molecule has 2 aromatic rings. The molecule has 0 spiro atoms. The molecule has 3 N–H and O–H groups in total. The van der Waals surface area contributed by atoms with Gasteiger partial charge in [-0.1, -0.05) is 0 Å². The standard InChI is InChI=1S/C22H28N6O4/c29-21(26-10-3-4-11-26)15-27-12-2-1-5-19(22(27)30)25-20(14-28(31)32)24-17-6-7-18-16(13-17)8-9-23-18/h6-9,13-14,19,23-25H,1-5,10-12,15H2/t19-/m0/s1. The van der Waals surface area contributed by atoms with Crippen molar-refractivity contribution in [3.8, 4) is 0 Å². The molecule has 2 aliphatic heterocycles. The third-order valence-electron chi connectivity index (χ3n) is 5.96. The number of nitrogens with one attached hydrogen (secondary N) is 3. The number of carbonyl (C=O) groups excluding carboxylic acids is 2. The first-order valence-corrected chi connectivity index (χ1v) is 11.0. The summed E-state index contributed by atoms with van der Waals surface area (Å²) in [4.78, 5) is 42.9. The second kappa shape index (κ2) is 9.71. The lowest BCUT2D eigenvalue weighted by molar-refractivity contribution is -0.403. The highest BCUT2D eigenvalue weighted by molar-refractivity contribution is 5.88. The number of rotatable bonds is 7. The van der Waals surface area contributed by atoms with Crippen LogP contribution >= 0.6 is 0 Å². The van der Waals surface area contributed by atoms with Gasteiger partial charge in [-0.05, 0) is 56.4 Å². The Bertz CT molecular complexity index is 1030. The van der Waals surface area contributed by atoms with Gasteiger partial charge in [-0.3, -0.25) is 19.7 Å². The van der Waals surface area contributed by atoms with Gasteiger partial charge in [0.05, 0.1) is 11.5 Å². The molecule has 2 fully saturated rings. The number of amides is 2. The van der Waals surface area contributed by atoms with Crippen LogP contribution in [0.2, 0.25) is 0 Å². The Morgan fingerprint density at radius 3 is 2.75 bits per heavy atom. The number of H-pyrrole nitrogens is 1. The minimum absolute atomic E-state index is 0.0320. The molecular weight excluding hydrogens is 412 g/mol. The lowest BCUT2D eigenvalue weighted by Crippen LogP contribution is -2.49. The SMILES string of the molecule is O=C(CN1CCCC[C@H](NC(=C[N+](=O)[O-])Nc2ccc3[nH]ccc3c2)C1=O)N1CCCC1. The van der Waals surface area contributed by atoms with E-state index in [0.717, 1.165) is 55.9 Å². The summed E-state index contributed by atoms with van der Waals surface area (Å²) in [5.41, 5.74) is 1.63. The number of nitro groups is 1. The number of aromatic amines is 1. The molecule has 170 valence electrons. The van der Waals surface area contributed by atoms with Gasteiger partial charge in [0.1, 0.15) is 6.04 Å². The molecule has 0 unspecified atom stereocenters. The summed E-state index contributed by atoms with van der Waals surface area (Å²) >= 11 is 0. The number of nitrogens with zero attached hydrogens (tertiary/aromatic N) is 3. The fourth-order valence-electron chi connectivity index (χ4n) is 4.31. The molecule has 2 saturated heterocycles. The van der Waals surface area contributed by atoms with Crippen molar-refractivity contribution in [2.75, 3.05) is 31.5 Å². The first-order valence-electron chi connectivity index (χ1n) is 11.0. The van der Waals surface area contributed by atoms with Crippen molar-refractivity contribution in [2.24, 2.45) is 0 Å². The molecule has 2 amide bonds. The molecule has 0 aliphatic carbocycles. The molecule has 10 heteroatoms. The van der Waals surface area contributed by atoms with Crippen molar-refractivity contribution in [2.45, 2.75) is 38.1 Å². The van der Waals surface area contributed by atoms with E-state index < -0.39 is 11.0 Å². The molecule has 0 bridgehead atoms. The van der Waals surface area contributed by atoms with Crippen LogP contribution in [-0.2, 0) is 9.59 Å². The van der Waals surface area contributed by atoms with Gasteiger partial charge in [0.15, 0.2) is 5.82 Å². The summed E-state index contributed by atoms with van der Waals surface area (Å²) in [5, 5.41) is 18.2. The average Bonchev–Trinajstić information content (AvgIpc) is 3.42. The highest BCUT2D eigenvalue weighted by Gasteiger charge is 2.30. The smallest absolute Gasteiger partial charge is 0.274 e. The van der Waals surface area contributed by atoms with Gasteiger partial charge in [0.2, 0.25) is 11.8 Å². The van der Waals surface area contributed by atoms with Crippen LogP contribution < -0.4 is 10.6 Å². The fraction of sp³-hybridized carbons (Fsp3) is 0.455. The number of aromatic nitrogens is 1. The largest absolute Gasteiger partial charge is 0.361 e. The van der Waals surface area contributed by atoms with E-state index in [2.05, 4.69) is 15.6 Å². The van der Waals surface area contributed by atoms with E-state index in [1.165, 1.54) is 0 Å². The van der Waals surface area contributed by atoms with Gasteiger partial charge in [-0.15, -0.1) is 0 Å². The highest BCUT2D eigenvalue weighted by atomic mass is 16.6. The van der Waals surface area contributed by atoms with E-state index in [9.17, 15) is 19.7 Å². The Labute approximate surface area is 185 Å². The van der Waals surface area contributed by atoms with E-state index in [-0.39, 0.29) is 24.2 Å². The minimum atomic E-state index is -0.640. The van der Waals surface area contributed by atoms with E-state index in [1.54, 1.807) is 9.80 Å². The second-order valence-electron chi connectivity index (χ2n) is 8.27. The summed E-state index contributed by atoms with van der Waals surface area (Å²) < 4.78 is 0. The lowest BCUT2D eigenvalue weighted by Gasteiger charge is -2.27. The summed E-state index contributed by atoms with van der Waals surface area (Å²) in [6.45, 7) is 2.06. The van der Waals surface area contributed by atoms with Crippen molar-refractivity contribution in [1.82, 2.24) is 20.1 Å². The van der Waals surface area contributed by atoms with Crippen molar-refractivity contribution in [3.05, 3.63) is 52.6 Å². The van der Waals surface area contributed by atoms with Gasteiger partial charge in [-0.2, -0.15) is 0 Å². The molecule has 0 saturated carbocycles. The maximum absolute atomic E-state index is 13.2. The molecule has 32 heavy (non-hydrogen) atoms.